The number of likely N-dealkylation sites (tertiary alicyclic amines) is 1. The number of guanidine groups is 1. The number of para-hydroxylation sites is 1. The zero-order chi connectivity index (χ0) is 19.5. The van der Waals surface area contributed by atoms with Crippen molar-refractivity contribution in [1.82, 2.24) is 15.5 Å². The molecule has 0 spiro atoms. The van der Waals surface area contributed by atoms with Crippen molar-refractivity contribution in [1.29, 1.82) is 0 Å². The molecule has 7 heteroatoms. The highest BCUT2D eigenvalue weighted by Crippen LogP contribution is 2.19. The Morgan fingerprint density at radius 1 is 1.25 bits per heavy atom. The van der Waals surface area contributed by atoms with Crippen molar-refractivity contribution in [2.75, 3.05) is 39.3 Å². The van der Waals surface area contributed by atoms with E-state index in [1.807, 2.05) is 6.92 Å². The van der Waals surface area contributed by atoms with Crippen LogP contribution in [-0.4, -0.2) is 56.2 Å². The molecule has 1 saturated heterocycles. The zero-order valence-corrected chi connectivity index (χ0v) is 19.7. The van der Waals surface area contributed by atoms with E-state index in [-0.39, 0.29) is 41.6 Å². The maximum atomic E-state index is 13.7. The SMILES string of the molecule is CCNC(=NCC(C)Oc1ccccc1F)NCCC1CCN(CC)CC1.I. The van der Waals surface area contributed by atoms with Gasteiger partial charge in [0.15, 0.2) is 17.5 Å². The lowest BCUT2D eigenvalue weighted by molar-refractivity contribution is 0.187. The maximum Gasteiger partial charge on any atom is 0.191 e. The second-order valence-corrected chi connectivity index (χ2v) is 7.17. The molecule has 2 rings (SSSR count). The molecule has 1 unspecified atom stereocenters. The Hall–Kier alpha value is -1.09. The highest BCUT2D eigenvalue weighted by molar-refractivity contribution is 14.0. The van der Waals surface area contributed by atoms with Crippen LogP contribution >= 0.6 is 24.0 Å². The van der Waals surface area contributed by atoms with E-state index in [0.717, 1.165) is 31.5 Å². The Morgan fingerprint density at radius 2 is 1.96 bits per heavy atom. The van der Waals surface area contributed by atoms with Gasteiger partial charge in [-0.15, -0.1) is 24.0 Å². The van der Waals surface area contributed by atoms with Crippen LogP contribution in [0.1, 0.15) is 40.0 Å². The maximum absolute atomic E-state index is 13.7. The molecule has 1 aliphatic heterocycles. The van der Waals surface area contributed by atoms with E-state index < -0.39 is 0 Å². The Bertz CT molecular complexity index is 579. The van der Waals surface area contributed by atoms with E-state index in [0.29, 0.717) is 6.54 Å². The summed E-state index contributed by atoms with van der Waals surface area (Å²) in [4.78, 5) is 7.11. The molecule has 0 aliphatic carbocycles. The van der Waals surface area contributed by atoms with Gasteiger partial charge in [0.2, 0.25) is 0 Å². The lowest BCUT2D eigenvalue weighted by Gasteiger charge is -2.31. The first-order valence-corrected chi connectivity index (χ1v) is 10.3. The number of nitrogens with zero attached hydrogens (tertiary/aromatic N) is 2. The summed E-state index contributed by atoms with van der Waals surface area (Å²) in [6.45, 7) is 12.0. The van der Waals surface area contributed by atoms with E-state index in [9.17, 15) is 4.39 Å². The van der Waals surface area contributed by atoms with Crippen molar-refractivity contribution in [3.63, 3.8) is 0 Å². The number of rotatable bonds is 9. The van der Waals surface area contributed by atoms with Crippen molar-refractivity contribution in [3.05, 3.63) is 30.1 Å². The van der Waals surface area contributed by atoms with E-state index in [1.165, 1.54) is 38.4 Å². The van der Waals surface area contributed by atoms with Crippen molar-refractivity contribution in [3.8, 4) is 5.75 Å². The first kappa shape index (κ1) is 24.9. The Morgan fingerprint density at radius 3 is 2.61 bits per heavy atom. The highest BCUT2D eigenvalue weighted by atomic mass is 127. The number of aliphatic imine (C=N–C) groups is 1. The third-order valence-electron chi connectivity index (χ3n) is 5.01. The number of halogens is 2. The summed E-state index contributed by atoms with van der Waals surface area (Å²) < 4.78 is 19.3. The van der Waals surface area contributed by atoms with E-state index >= 15 is 0 Å². The van der Waals surface area contributed by atoms with E-state index in [4.69, 9.17) is 4.74 Å². The molecule has 28 heavy (non-hydrogen) atoms. The van der Waals surface area contributed by atoms with Crippen LogP contribution in [0.2, 0.25) is 0 Å². The monoisotopic (exact) mass is 506 g/mol. The van der Waals surface area contributed by atoms with E-state index in [1.54, 1.807) is 18.2 Å². The molecule has 1 aromatic carbocycles. The molecule has 160 valence electrons. The molecular weight excluding hydrogens is 470 g/mol. The minimum Gasteiger partial charge on any atom is -0.486 e. The van der Waals surface area contributed by atoms with Gasteiger partial charge in [0.1, 0.15) is 6.10 Å². The molecule has 2 N–H and O–H groups in total. The molecule has 0 radical (unpaired) electrons. The van der Waals surface area contributed by atoms with Crippen molar-refractivity contribution in [2.24, 2.45) is 10.9 Å². The Kier molecular flexibility index (Phi) is 12.5. The molecule has 1 atom stereocenters. The molecular formula is C21H36FIN4O. The van der Waals surface area contributed by atoms with Crippen LogP contribution in [-0.2, 0) is 0 Å². The number of hydrogen-bond donors (Lipinski definition) is 2. The van der Waals surface area contributed by atoms with Gasteiger partial charge in [0, 0.05) is 13.1 Å². The fraction of sp³-hybridized carbons (Fsp3) is 0.667. The number of ether oxygens (including phenoxy) is 1. The lowest BCUT2D eigenvalue weighted by Crippen LogP contribution is -2.40. The standard InChI is InChI=1S/C21H35FN4O.HI/c1-4-23-21(24-13-10-18-11-14-26(5-2)15-12-18)25-16-17(3)27-20-9-7-6-8-19(20)22;/h6-9,17-18H,4-5,10-16H2,1-3H3,(H2,23,24,25);1H. The number of piperidine rings is 1. The van der Waals surface area contributed by atoms with Crippen LogP contribution in [0, 0.1) is 11.7 Å². The average molecular weight is 506 g/mol. The van der Waals surface area contributed by atoms with Gasteiger partial charge < -0.3 is 20.3 Å². The molecule has 0 bridgehead atoms. The highest BCUT2D eigenvalue weighted by Gasteiger charge is 2.17. The molecule has 1 aliphatic rings. The van der Waals surface area contributed by atoms with E-state index in [2.05, 4.69) is 34.4 Å². The largest absolute Gasteiger partial charge is 0.486 e. The predicted molar refractivity (Wildman–Crippen MR) is 125 cm³/mol. The van der Waals surface area contributed by atoms with Crippen LogP contribution in [0.25, 0.3) is 0 Å². The molecule has 0 aromatic heterocycles. The summed E-state index contributed by atoms with van der Waals surface area (Å²) in [6, 6.07) is 6.47. The minimum atomic E-state index is -0.340. The third kappa shape index (κ3) is 8.94. The van der Waals surface area contributed by atoms with Crippen LogP contribution < -0.4 is 15.4 Å². The van der Waals surface area contributed by atoms with Gasteiger partial charge in [-0.1, -0.05) is 19.1 Å². The van der Waals surface area contributed by atoms with Crippen LogP contribution in [0.5, 0.6) is 5.75 Å². The number of hydrogen-bond acceptors (Lipinski definition) is 3. The summed E-state index contributed by atoms with van der Waals surface area (Å²) in [6.07, 6.45) is 3.55. The molecule has 0 saturated carbocycles. The summed E-state index contributed by atoms with van der Waals surface area (Å²) >= 11 is 0. The number of benzene rings is 1. The van der Waals surface area contributed by atoms with Gasteiger partial charge in [-0.3, -0.25) is 0 Å². The fourth-order valence-corrected chi connectivity index (χ4v) is 3.34. The van der Waals surface area contributed by atoms with Crippen LogP contribution in [0.3, 0.4) is 0 Å². The summed E-state index contributed by atoms with van der Waals surface area (Å²) in [5.41, 5.74) is 0. The smallest absolute Gasteiger partial charge is 0.191 e. The van der Waals surface area contributed by atoms with Crippen molar-refractivity contribution >= 4 is 29.9 Å². The van der Waals surface area contributed by atoms with Gasteiger partial charge in [-0.2, -0.15) is 0 Å². The summed E-state index contributed by atoms with van der Waals surface area (Å²) in [5, 5.41) is 6.69. The zero-order valence-electron chi connectivity index (χ0n) is 17.4. The average Bonchev–Trinajstić information content (AvgIpc) is 2.68. The normalized spacial score (nSPS) is 16.9. The second kappa shape index (κ2) is 14.0. The van der Waals surface area contributed by atoms with Gasteiger partial charge in [-0.05, 0) is 70.8 Å². The second-order valence-electron chi connectivity index (χ2n) is 7.17. The third-order valence-corrected chi connectivity index (χ3v) is 5.01. The molecule has 0 amide bonds. The number of nitrogens with one attached hydrogen (secondary N) is 2. The molecule has 1 heterocycles. The molecule has 1 aromatic rings. The Balaban J connectivity index is 0.00000392. The molecule has 5 nitrogen and oxygen atoms in total. The minimum absolute atomic E-state index is 0. The van der Waals surface area contributed by atoms with Gasteiger partial charge in [0.05, 0.1) is 6.54 Å². The topological polar surface area (TPSA) is 48.9 Å². The lowest BCUT2D eigenvalue weighted by atomic mass is 9.93. The summed E-state index contributed by atoms with van der Waals surface area (Å²) in [5.74, 6) is 1.53. The first-order valence-electron chi connectivity index (χ1n) is 10.3. The quantitative estimate of drug-likeness (QED) is 0.303. The fourth-order valence-electron chi connectivity index (χ4n) is 3.34. The molecule has 1 fully saturated rings. The van der Waals surface area contributed by atoms with Crippen molar-refractivity contribution in [2.45, 2.75) is 46.1 Å². The van der Waals surface area contributed by atoms with Gasteiger partial charge in [-0.25, -0.2) is 9.38 Å². The van der Waals surface area contributed by atoms with Gasteiger partial charge >= 0.3 is 0 Å². The van der Waals surface area contributed by atoms with Crippen molar-refractivity contribution < 1.29 is 9.13 Å². The first-order chi connectivity index (χ1) is 13.1. The van der Waals surface area contributed by atoms with Gasteiger partial charge in [0.25, 0.3) is 0 Å². The van der Waals surface area contributed by atoms with Crippen LogP contribution in [0.4, 0.5) is 4.39 Å². The summed E-state index contributed by atoms with van der Waals surface area (Å²) in [7, 11) is 0. The Labute approximate surface area is 186 Å². The van der Waals surface area contributed by atoms with Crippen LogP contribution in [0.15, 0.2) is 29.3 Å². The predicted octanol–water partition coefficient (Wildman–Crippen LogP) is 3.89.